The van der Waals surface area contributed by atoms with E-state index >= 15 is 0 Å². The molecular formula is C30H50O5. The molecule has 0 aromatic heterocycles. The molecule has 4 aliphatic rings. The Morgan fingerprint density at radius 2 is 1.80 bits per heavy atom. The van der Waals surface area contributed by atoms with Gasteiger partial charge in [-0.25, -0.2) is 0 Å². The van der Waals surface area contributed by atoms with Gasteiger partial charge in [-0.2, -0.15) is 0 Å². The summed E-state index contributed by atoms with van der Waals surface area (Å²) < 4.78 is 5.49. The highest BCUT2D eigenvalue weighted by molar-refractivity contribution is 5.66. The SMILES string of the molecule is CC(=O)O[C@H]1CC[C@@]2(C)[C@H](C1)[C@@H](O)C=C1[C@@H]3CC[C@H]([C@H](C)CC[C@H](C)C(C)C)[C@@]3(C)C[C@@H](O)[C@@]12O. The molecule has 0 amide bonds. The Bertz CT molecular complexity index is 837. The standard InChI is InChI=1S/C30H50O5/c1-17(2)18(3)8-9-19(4)22-10-11-23-24-15-26(32)25-14-21(35-20(5)31)12-13-29(25,7)30(24,34)27(33)16-28(22,23)6/h15,17-19,21-23,25-27,32-34H,8-14,16H2,1-7H3/t18-,19+,21-,22+,23-,25+,26-,27+,28+,29-,30-/m0/s1. The fraction of sp³-hybridized carbons (Fsp3) is 0.900. The molecule has 0 spiro atoms. The lowest BCUT2D eigenvalue weighted by Gasteiger charge is -2.64. The van der Waals surface area contributed by atoms with Crippen molar-refractivity contribution in [1.29, 1.82) is 0 Å². The summed E-state index contributed by atoms with van der Waals surface area (Å²) >= 11 is 0. The quantitative estimate of drug-likeness (QED) is 0.349. The predicted octanol–water partition coefficient (Wildman–Crippen LogP) is 5.26. The third-order valence-corrected chi connectivity index (χ3v) is 11.5. The summed E-state index contributed by atoms with van der Waals surface area (Å²) in [7, 11) is 0. The average molecular weight is 491 g/mol. The Labute approximate surface area is 212 Å². The molecule has 0 saturated heterocycles. The van der Waals surface area contributed by atoms with Gasteiger partial charge in [0.1, 0.15) is 11.7 Å². The lowest BCUT2D eigenvalue weighted by atomic mass is 9.44. The van der Waals surface area contributed by atoms with Gasteiger partial charge in [0.05, 0.1) is 12.2 Å². The van der Waals surface area contributed by atoms with Crippen molar-refractivity contribution in [3.05, 3.63) is 11.6 Å². The van der Waals surface area contributed by atoms with Gasteiger partial charge in [-0.05, 0) is 79.1 Å². The van der Waals surface area contributed by atoms with Crippen molar-refractivity contribution in [3.8, 4) is 0 Å². The van der Waals surface area contributed by atoms with Gasteiger partial charge >= 0.3 is 5.97 Å². The van der Waals surface area contributed by atoms with Gasteiger partial charge in [0.15, 0.2) is 0 Å². The van der Waals surface area contributed by atoms with Gasteiger partial charge in [-0.3, -0.25) is 4.79 Å². The molecule has 4 rings (SSSR count). The first-order chi connectivity index (χ1) is 16.3. The summed E-state index contributed by atoms with van der Waals surface area (Å²) in [4.78, 5) is 11.6. The van der Waals surface area contributed by atoms with Crippen LogP contribution in [0, 0.1) is 46.3 Å². The molecule has 3 N–H and O–H groups in total. The number of rotatable bonds is 6. The summed E-state index contributed by atoms with van der Waals surface area (Å²) in [5.41, 5.74) is -1.17. The Morgan fingerprint density at radius 1 is 1.11 bits per heavy atom. The molecule has 3 fully saturated rings. The first kappa shape index (κ1) is 27.1. The molecule has 200 valence electrons. The second kappa shape index (κ2) is 9.44. The largest absolute Gasteiger partial charge is 0.463 e. The Kier molecular flexibility index (Phi) is 7.32. The average Bonchev–Trinajstić information content (AvgIpc) is 3.11. The fourth-order valence-electron chi connectivity index (χ4n) is 8.98. The van der Waals surface area contributed by atoms with Gasteiger partial charge in [0.25, 0.3) is 0 Å². The third kappa shape index (κ3) is 4.22. The van der Waals surface area contributed by atoms with Crippen LogP contribution in [0.25, 0.3) is 0 Å². The normalized spacial score (nSPS) is 46.8. The second-order valence-corrected chi connectivity index (χ2v) is 13.6. The highest BCUT2D eigenvalue weighted by Crippen LogP contribution is 2.68. The van der Waals surface area contributed by atoms with Crippen molar-refractivity contribution in [2.75, 3.05) is 0 Å². The highest BCUT2D eigenvalue weighted by Gasteiger charge is 2.69. The Morgan fingerprint density at radius 3 is 2.43 bits per heavy atom. The maximum Gasteiger partial charge on any atom is 0.302 e. The lowest BCUT2D eigenvalue weighted by Crippen LogP contribution is -2.69. The van der Waals surface area contributed by atoms with Gasteiger partial charge in [0, 0.05) is 18.3 Å². The molecule has 0 unspecified atom stereocenters. The monoisotopic (exact) mass is 490 g/mol. The van der Waals surface area contributed by atoms with E-state index in [-0.39, 0.29) is 29.3 Å². The fourth-order valence-corrected chi connectivity index (χ4v) is 8.98. The first-order valence-electron chi connectivity index (χ1n) is 14.2. The minimum atomic E-state index is -1.34. The number of hydrogen-bond acceptors (Lipinski definition) is 5. The number of carbonyl (C=O) groups is 1. The predicted molar refractivity (Wildman–Crippen MR) is 137 cm³/mol. The summed E-state index contributed by atoms with van der Waals surface area (Å²) in [6.45, 7) is 15.1. The number of aliphatic hydroxyl groups is 3. The molecule has 3 saturated carbocycles. The van der Waals surface area contributed by atoms with Gasteiger partial charge in [-0.15, -0.1) is 0 Å². The van der Waals surface area contributed by atoms with Gasteiger partial charge in [0.2, 0.25) is 0 Å². The molecule has 11 atom stereocenters. The molecule has 0 aromatic carbocycles. The zero-order chi connectivity index (χ0) is 25.9. The zero-order valence-electron chi connectivity index (χ0n) is 23.1. The van der Waals surface area contributed by atoms with Crippen molar-refractivity contribution < 1.29 is 24.9 Å². The van der Waals surface area contributed by atoms with Crippen LogP contribution in [0.3, 0.4) is 0 Å². The maximum atomic E-state index is 12.4. The molecule has 0 bridgehead atoms. The number of aliphatic hydroxyl groups excluding tert-OH is 2. The van der Waals surface area contributed by atoms with E-state index in [0.29, 0.717) is 49.4 Å². The molecule has 5 nitrogen and oxygen atoms in total. The summed E-state index contributed by atoms with van der Waals surface area (Å²) in [5.74, 6) is 2.11. The smallest absolute Gasteiger partial charge is 0.302 e. The van der Waals surface area contributed by atoms with Crippen molar-refractivity contribution in [3.63, 3.8) is 0 Å². The lowest BCUT2D eigenvalue weighted by molar-refractivity contribution is -0.224. The number of carbonyl (C=O) groups excluding carboxylic acids is 1. The van der Waals surface area contributed by atoms with E-state index in [9.17, 15) is 20.1 Å². The van der Waals surface area contributed by atoms with E-state index in [1.54, 1.807) is 0 Å². The van der Waals surface area contributed by atoms with Crippen LogP contribution in [0.2, 0.25) is 0 Å². The van der Waals surface area contributed by atoms with E-state index in [0.717, 1.165) is 18.4 Å². The van der Waals surface area contributed by atoms with Crippen LogP contribution in [0.15, 0.2) is 11.6 Å². The van der Waals surface area contributed by atoms with Crippen LogP contribution in [-0.4, -0.2) is 45.2 Å². The van der Waals surface area contributed by atoms with E-state index in [1.807, 2.05) is 13.0 Å². The molecular weight excluding hydrogens is 440 g/mol. The maximum absolute atomic E-state index is 12.4. The Hall–Kier alpha value is -0.910. The summed E-state index contributed by atoms with van der Waals surface area (Å²) in [6.07, 6.45) is 7.03. The van der Waals surface area contributed by atoms with Crippen LogP contribution in [0.4, 0.5) is 0 Å². The van der Waals surface area contributed by atoms with Crippen molar-refractivity contribution in [1.82, 2.24) is 0 Å². The van der Waals surface area contributed by atoms with E-state index in [1.165, 1.54) is 19.8 Å². The Balaban J connectivity index is 1.61. The van der Waals surface area contributed by atoms with Crippen LogP contribution in [0.5, 0.6) is 0 Å². The molecule has 0 heterocycles. The zero-order valence-corrected chi connectivity index (χ0v) is 23.1. The molecule has 0 aromatic rings. The van der Waals surface area contributed by atoms with E-state index in [4.69, 9.17) is 4.74 Å². The van der Waals surface area contributed by atoms with E-state index in [2.05, 4.69) is 34.6 Å². The minimum Gasteiger partial charge on any atom is -0.463 e. The molecule has 35 heavy (non-hydrogen) atoms. The van der Waals surface area contributed by atoms with Crippen LogP contribution in [0.1, 0.15) is 99.8 Å². The summed E-state index contributed by atoms with van der Waals surface area (Å²) in [5, 5.41) is 35.4. The minimum absolute atomic E-state index is 0.0736. The highest BCUT2D eigenvalue weighted by atomic mass is 16.5. The van der Waals surface area contributed by atoms with Gasteiger partial charge < -0.3 is 20.1 Å². The summed E-state index contributed by atoms with van der Waals surface area (Å²) in [6, 6.07) is 0. The second-order valence-electron chi connectivity index (χ2n) is 13.6. The van der Waals surface area contributed by atoms with Crippen LogP contribution in [-0.2, 0) is 9.53 Å². The molecule has 0 radical (unpaired) electrons. The molecule has 4 aliphatic carbocycles. The number of ether oxygens (including phenoxy) is 1. The van der Waals surface area contributed by atoms with E-state index < -0.39 is 23.2 Å². The first-order valence-corrected chi connectivity index (χ1v) is 14.2. The van der Waals surface area contributed by atoms with Gasteiger partial charge in [-0.1, -0.05) is 60.5 Å². The third-order valence-electron chi connectivity index (χ3n) is 11.5. The molecule has 5 heteroatoms. The van der Waals surface area contributed by atoms with Crippen LogP contribution >= 0.6 is 0 Å². The number of esters is 1. The van der Waals surface area contributed by atoms with Crippen LogP contribution < -0.4 is 0 Å². The topological polar surface area (TPSA) is 87.0 Å². The molecule has 0 aliphatic heterocycles. The van der Waals surface area contributed by atoms with Crippen molar-refractivity contribution in [2.45, 2.75) is 124 Å². The number of fused-ring (bicyclic) bond motifs is 5. The number of hydrogen-bond donors (Lipinski definition) is 3. The van der Waals surface area contributed by atoms with Crippen molar-refractivity contribution >= 4 is 5.97 Å². The van der Waals surface area contributed by atoms with Crippen molar-refractivity contribution in [2.24, 2.45) is 46.3 Å².